The molecule has 1 fully saturated rings. The minimum atomic E-state index is -0.586. The highest BCUT2D eigenvalue weighted by atomic mass is 16.3. The molecular weight excluding hydrogens is 230 g/mol. The van der Waals surface area contributed by atoms with E-state index in [1.807, 2.05) is 0 Å². The van der Waals surface area contributed by atoms with Crippen molar-refractivity contribution in [1.82, 2.24) is 20.5 Å². The molecule has 102 valence electrons. The Labute approximate surface area is 108 Å². The number of aromatic nitrogens is 3. The Bertz CT molecular complexity index is 357. The summed E-state index contributed by atoms with van der Waals surface area (Å²) in [5.41, 5.74) is 0. The molecule has 18 heavy (non-hydrogen) atoms. The van der Waals surface area contributed by atoms with Gasteiger partial charge in [0.05, 0.1) is 0 Å². The number of hydrogen-bond acceptors (Lipinski definition) is 5. The second-order valence-corrected chi connectivity index (χ2v) is 4.93. The quantitative estimate of drug-likeness (QED) is 0.719. The van der Waals surface area contributed by atoms with Crippen molar-refractivity contribution < 1.29 is 5.11 Å². The summed E-state index contributed by atoms with van der Waals surface area (Å²) in [5.74, 6) is 2.02. The highest BCUT2D eigenvalue weighted by Crippen LogP contribution is 2.20. The van der Waals surface area contributed by atoms with Crippen molar-refractivity contribution >= 4 is 5.95 Å². The van der Waals surface area contributed by atoms with Crippen molar-refractivity contribution in [2.45, 2.75) is 32.8 Å². The minimum absolute atomic E-state index is 0.541. The van der Waals surface area contributed by atoms with Crippen molar-refractivity contribution in [2.75, 3.05) is 31.1 Å². The maximum atomic E-state index is 9.41. The number of piperidine rings is 1. The number of H-pyrrole nitrogens is 1. The highest BCUT2D eigenvalue weighted by molar-refractivity contribution is 5.29. The van der Waals surface area contributed by atoms with E-state index in [1.54, 1.807) is 6.92 Å². The van der Waals surface area contributed by atoms with Gasteiger partial charge in [-0.1, -0.05) is 6.92 Å². The minimum Gasteiger partial charge on any atom is -0.385 e. The Morgan fingerprint density at radius 2 is 2.22 bits per heavy atom. The molecule has 1 aliphatic rings. The summed E-state index contributed by atoms with van der Waals surface area (Å²) in [4.78, 5) is 6.50. The van der Waals surface area contributed by atoms with E-state index in [4.69, 9.17) is 0 Å². The fourth-order valence-electron chi connectivity index (χ4n) is 2.28. The summed E-state index contributed by atoms with van der Waals surface area (Å²) in [6.07, 6.45) is 1.76. The van der Waals surface area contributed by atoms with Gasteiger partial charge in [0, 0.05) is 13.1 Å². The van der Waals surface area contributed by atoms with Crippen LogP contribution in [0.2, 0.25) is 0 Å². The molecule has 0 radical (unpaired) electrons. The van der Waals surface area contributed by atoms with E-state index in [1.165, 1.54) is 12.8 Å². The molecular formula is C12H23N5O. The molecule has 1 saturated heterocycles. The zero-order valence-corrected chi connectivity index (χ0v) is 11.2. The molecule has 2 rings (SSSR count). The number of hydrogen-bond donors (Lipinski definition) is 3. The fraction of sp³-hybridized carbons (Fsp3) is 0.833. The summed E-state index contributed by atoms with van der Waals surface area (Å²) >= 11 is 0. The monoisotopic (exact) mass is 253 g/mol. The van der Waals surface area contributed by atoms with Crippen LogP contribution in [0.1, 0.15) is 38.6 Å². The van der Waals surface area contributed by atoms with Gasteiger partial charge in [0.1, 0.15) is 6.10 Å². The number of anilines is 1. The second-order valence-electron chi connectivity index (χ2n) is 4.93. The van der Waals surface area contributed by atoms with Gasteiger partial charge in [-0.25, -0.2) is 0 Å². The van der Waals surface area contributed by atoms with Crippen LogP contribution in [0.4, 0.5) is 5.95 Å². The first-order chi connectivity index (χ1) is 8.70. The number of rotatable bonds is 5. The lowest BCUT2D eigenvalue weighted by molar-refractivity contribution is 0.189. The van der Waals surface area contributed by atoms with Crippen molar-refractivity contribution in [1.29, 1.82) is 0 Å². The summed E-state index contributed by atoms with van der Waals surface area (Å²) in [5, 5.41) is 19.8. The molecule has 6 heteroatoms. The molecule has 1 unspecified atom stereocenters. The fourth-order valence-corrected chi connectivity index (χ4v) is 2.28. The molecule has 2 heterocycles. The second kappa shape index (κ2) is 6.15. The zero-order chi connectivity index (χ0) is 13.0. The Morgan fingerprint density at radius 1 is 1.50 bits per heavy atom. The van der Waals surface area contributed by atoms with Crippen LogP contribution in [0.15, 0.2) is 0 Å². The molecule has 0 amide bonds. The smallest absolute Gasteiger partial charge is 0.244 e. The van der Waals surface area contributed by atoms with E-state index in [9.17, 15) is 5.11 Å². The van der Waals surface area contributed by atoms with Gasteiger partial charge in [-0.15, -0.1) is 5.10 Å². The van der Waals surface area contributed by atoms with Gasteiger partial charge in [0.15, 0.2) is 5.82 Å². The first-order valence-electron chi connectivity index (χ1n) is 6.76. The highest BCUT2D eigenvalue weighted by Gasteiger charge is 2.22. The van der Waals surface area contributed by atoms with Gasteiger partial charge < -0.3 is 15.3 Å². The average molecular weight is 253 g/mol. The van der Waals surface area contributed by atoms with Crippen molar-refractivity contribution in [3.8, 4) is 0 Å². The maximum Gasteiger partial charge on any atom is 0.244 e. The van der Waals surface area contributed by atoms with Crippen molar-refractivity contribution in [3.05, 3.63) is 5.82 Å². The van der Waals surface area contributed by atoms with Crippen LogP contribution in [0.3, 0.4) is 0 Å². The maximum absolute atomic E-state index is 9.41. The number of nitrogens with one attached hydrogen (secondary N) is 2. The average Bonchev–Trinajstić information content (AvgIpc) is 2.87. The Hall–Kier alpha value is -1.14. The Balaban J connectivity index is 1.85. The van der Waals surface area contributed by atoms with Crippen LogP contribution in [0.25, 0.3) is 0 Å². The summed E-state index contributed by atoms with van der Waals surface area (Å²) in [7, 11) is 0. The third kappa shape index (κ3) is 3.20. The topological polar surface area (TPSA) is 77.1 Å². The summed E-state index contributed by atoms with van der Waals surface area (Å²) < 4.78 is 0. The number of aliphatic hydroxyl groups excluding tert-OH is 1. The van der Waals surface area contributed by atoms with Crippen LogP contribution in [0.5, 0.6) is 0 Å². The predicted octanol–water partition coefficient (Wildman–Crippen LogP) is 0.684. The van der Waals surface area contributed by atoms with Crippen LogP contribution in [-0.2, 0) is 0 Å². The van der Waals surface area contributed by atoms with Crippen LogP contribution < -0.4 is 10.2 Å². The van der Waals surface area contributed by atoms with E-state index >= 15 is 0 Å². The van der Waals surface area contributed by atoms with Gasteiger partial charge in [0.25, 0.3) is 0 Å². The summed E-state index contributed by atoms with van der Waals surface area (Å²) in [6.45, 7) is 7.96. The van der Waals surface area contributed by atoms with Crippen LogP contribution in [0, 0.1) is 5.92 Å². The molecule has 0 bridgehead atoms. The Kier molecular flexibility index (Phi) is 4.54. The van der Waals surface area contributed by atoms with Crippen molar-refractivity contribution in [2.24, 2.45) is 5.92 Å². The number of nitrogens with zero attached hydrogens (tertiary/aromatic N) is 3. The molecule has 0 aromatic carbocycles. The van der Waals surface area contributed by atoms with Gasteiger partial charge in [-0.2, -0.15) is 4.98 Å². The number of aliphatic hydroxyl groups is 1. The molecule has 0 spiro atoms. The van der Waals surface area contributed by atoms with E-state index < -0.39 is 6.10 Å². The van der Waals surface area contributed by atoms with Crippen LogP contribution in [-0.4, -0.2) is 46.5 Å². The molecule has 3 N–H and O–H groups in total. The zero-order valence-electron chi connectivity index (χ0n) is 11.2. The molecule has 1 aromatic heterocycles. The van der Waals surface area contributed by atoms with E-state index in [0.29, 0.717) is 11.8 Å². The van der Waals surface area contributed by atoms with Crippen molar-refractivity contribution in [3.63, 3.8) is 0 Å². The third-order valence-corrected chi connectivity index (χ3v) is 3.47. The molecule has 0 saturated carbocycles. The van der Waals surface area contributed by atoms with Crippen LogP contribution >= 0.6 is 0 Å². The predicted molar refractivity (Wildman–Crippen MR) is 70.5 cm³/mol. The van der Waals surface area contributed by atoms with Gasteiger partial charge in [-0.05, 0) is 38.8 Å². The lowest BCUT2D eigenvalue weighted by Crippen LogP contribution is -2.37. The normalized spacial score (nSPS) is 19.2. The Morgan fingerprint density at radius 3 is 2.78 bits per heavy atom. The largest absolute Gasteiger partial charge is 0.385 e. The molecule has 1 aromatic rings. The molecule has 1 atom stereocenters. The molecule has 0 aliphatic carbocycles. The van der Waals surface area contributed by atoms with E-state index in [0.717, 1.165) is 32.1 Å². The van der Waals surface area contributed by atoms with Gasteiger partial charge in [0.2, 0.25) is 5.95 Å². The van der Waals surface area contributed by atoms with Gasteiger partial charge >= 0.3 is 0 Å². The number of aromatic amines is 1. The SMILES string of the molecule is CCNCC1CCN(c2n[nH]c(C(C)O)n2)CC1. The van der Waals surface area contributed by atoms with E-state index in [-0.39, 0.29) is 0 Å². The lowest BCUT2D eigenvalue weighted by Gasteiger charge is -2.31. The first kappa shape index (κ1) is 13.3. The molecule has 6 nitrogen and oxygen atoms in total. The standard InChI is InChI=1S/C12H23N5O/c1-3-13-8-10-4-6-17(7-5-10)12-14-11(9(2)18)15-16-12/h9-10,13,18H,3-8H2,1-2H3,(H,14,15,16). The third-order valence-electron chi connectivity index (χ3n) is 3.47. The lowest BCUT2D eigenvalue weighted by atomic mass is 9.97. The van der Waals surface area contributed by atoms with E-state index in [2.05, 4.69) is 32.3 Å². The van der Waals surface area contributed by atoms with Gasteiger partial charge in [-0.3, -0.25) is 5.10 Å². The first-order valence-corrected chi connectivity index (χ1v) is 6.76. The summed E-state index contributed by atoms with van der Waals surface area (Å²) in [6, 6.07) is 0. The molecule has 1 aliphatic heterocycles.